The van der Waals surface area contributed by atoms with Crippen molar-refractivity contribution in [3.63, 3.8) is 0 Å². The zero-order chi connectivity index (χ0) is 16.1. The molecule has 1 aromatic carbocycles. The molecule has 122 valence electrons. The van der Waals surface area contributed by atoms with E-state index in [9.17, 15) is 8.42 Å². The normalized spacial score (nSPS) is 26.2. The minimum Gasteiger partial charge on any atom is -0.314 e. The third-order valence-electron chi connectivity index (χ3n) is 5.51. The molecule has 4 nitrogen and oxygen atoms in total. The Balaban J connectivity index is 2.00. The number of sulfonamides is 1. The quantitative estimate of drug-likeness (QED) is 0.909. The Labute approximate surface area is 134 Å². The van der Waals surface area contributed by atoms with Gasteiger partial charge in [0.15, 0.2) is 0 Å². The molecule has 2 aliphatic heterocycles. The fourth-order valence-corrected chi connectivity index (χ4v) is 6.02. The Kier molecular flexibility index (Phi) is 4.08. The average molecular weight is 322 g/mol. The molecule has 1 aromatic rings. The highest BCUT2D eigenvalue weighted by molar-refractivity contribution is 7.89. The maximum Gasteiger partial charge on any atom is 0.243 e. The number of hydrogen-bond acceptors (Lipinski definition) is 3. The van der Waals surface area contributed by atoms with Gasteiger partial charge >= 0.3 is 0 Å². The van der Waals surface area contributed by atoms with Crippen LogP contribution in [0.3, 0.4) is 0 Å². The van der Waals surface area contributed by atoms with E-state index in [-0.39, 0.29) is 0 Å². The van der Waals surface area contributed by atoms with E-state index in [1.807, 2.05) is 27.7 Å². The molecule has 0 saturated carbocycles. The molecule has 2 fully saturated rings. The van der Waals surface area contributed by atoms with Crippen LogP contribution in [0.1, 0.15) is 35.1 Å². The van der Waals surface area contributed by atoms with E-state index in [0.29, 0.717) is 29.9 Å². The third kappa shape index (κ3) is 2.49. The van der Waals surface area contributed by atoms with Crippen molar-refractivity contribution >= 4 is 10.0 Å². The number of rotatable bonds is 2. The first-order chi connectivity index (χ1) is 10.3. The van der Waals surface area contributed by atoms with Gasteiger partial charge in [0.1, 0.15) is 0 Å². The summed E-state index contributed by atoms with van der Waals surface area (Å²) in [6.45, 7) is 10.2. The molecule has 0 radical (unpaired) electrons. The summed E-state index contributed by atoms with van der Waals surface area (Å²) in [5.74, 6) is 0.468. The number of aryl methyl sites for hydroxylation is 2. The summed E-state index contributed by atoms with van der Waals surface area (Å²) in [4.78, 5) is 0.536. The summed E-state index contributed by atoms with van der Waals surface area (Å²) in [5, 5.41) is 3.49. The van der Waals surface area contributed by atoms with Gasteiger partial charge < -0.3 is 5.32 Å². The highest BCUT2D eigenvalue weighted by Gasteiger charge is 2.38. The molecule has 0 spiro atoms. The van der Waals surface area contributed by atoms with Crippen molar-refractivity contribution in [3.05, 3.63) is 28.3 Å². The molecular formula is C17H26N2O2S. The minimum atomic E-state index is -3.40. The van der Waals surface area contributed by atoms with Gasteiger partial charge in [0.2, 0.25) is 10.0 Å². The Morgan fingerprint density at radius 1 is 1.09 bits per heavy atom. The van der Waals surface area contributed by atoms with Crippen molar-refractivity contribution in [2.75, 3.05) is 19.6 Å². The van der Waals surface area contributed by atoms with Crippen LogP contribution in [0.5, 0.6) is 0 Å². The Morgan fingerprint density at radius 3 is 2.36 bits per heavy atom. The van der Waals surface area contributed by atoms with Crippen LogP contribution in [0, 0.1) is 33.6 Å². The van der Waals surface area contributed by atoms with E-state index < -0.39 is 10.0 Å². The maximum atomic E-state index is 13.2. The molecule has 0 amide bonds. The predicted octanol–water partition coefficient (Wildman–Crippen LogP) is 2.29. The number of nitrogens with zero attached hydrogens (tertiary/aromatic N) is 1. The first-order valence-corrected chi connectivity index (χ1v) is 9.57. The summed E-state index contributed by atoms with van der Waals surface area (Å²) in [5.41, 5.74) is 3.91. The van der Waals surface area contributed by atoms with Gasteiger partial charge in [-0.25, -0.2) is 8.42 Å². The van der Waals surface area contributed by atoms with Crippen molar-refractivity contribution < 1.29 is 8.42 Å². The molecule has 2 heterocycles. The van der Waals surface area contributed by atoms with Crippen LogP contribution >= 0.6 is 0 Å². The number of fused-ring (bicyclic) bond motifs is 1. The van der Waals surface area contributed by atoms with Gasteiger partial charge in [0.05, 0.1) is 4.90 Å². The van der Waals surface area contributed by atoms with E-state index in [2.05, 4.69) is 11.4 Å². The number of piperidine rings is 1. The summed E-state index contributed by atoms with van der Waals surface area (Å²) >= 11 is 0. The molecule has 2 aliphatic rings. The molecular weight excluding hydrogens is 296 g/mol. The standard InChI is InChI=1S/C17H26N2O2S/c1-11-9-12(2)14(4)17(13(11)3)22(20,21)19-8-6-16-15(10-19)5-7-18-16/h9,15-16,18H,5-8,10H2,1-4H3. The van der Waals surface area contributed by atoms with Crippen molar-refractivity contribution in [2.24, 2.45) is 5.92 Å². The highest BCUT2D eigenvalue weighted by Crippen LogP contribution is 2.33. The second-order valence-electron chi connectivity index (χ2n) is 6.85. The summed E-state index contributed by atoms with van der Waals surface area (Å²) in [7, 11) is -3.40. The molecule has 2 atom stereocenters. The summed E-state index contributed by atoms with van der Waals surface area (Å²) in [6, 6.07) is 2.59. The second kappa shape index (κ2) is 5.62. The average Bonchev–Trinajstić information content (AvgIpc) is 2.92. The number of nitrogens with one attached hydrogen (secondary N) is 1. The van der Waals surface area contributed by atoms with Crippen molar-refractivity contribution in [2.45, 2.75) is 51.5 Å². The number of benzene rings is 1. The lowest BCUT2D eigenvalue weighted by atomic mass is 9.95. The Morgan fingerprint density at radius 2 is 1.73 bits per heavy atom. The lowest BCUT2D eigenvalue weighted by Gasteiger charge is -2.34. The van der Waals surface area contributed by atoms with Crippen LogP contribution in [0.2, 0.25) is 0 Å². The topological polar surface area (TPSA) is 49.4 Å². The van der Waals surface area contributed by atoms with E-state index in [4.69, 9.17) is 0 Å². The molecule has 22 heavy (non-hydrogen) atoms. The molecule has 5 heteroatoms. The lowest BCUT2D eigenvalue weighted by Crippen LogP contribution is -2.47. The van der Waals surface area contributed by atoms with Gasteiger partial charge in [-0.3, -0.25) is 0 Å². The summed E-state index contributed by atoms with van der Waals surface area (Å²) in [6.07, 6.45) is 2.01. The van der Waals surface area contributed by atoms with Crippen LogP contribution in [0.4, 0.5) is 0 Å². The summed E-state index contributed by atoms with van der Waals surface area (Å²) < 4.78 is 28.2. The first kappa shape index (κ1) is 16.0. The third-order valence-corrected chi connectivity index (χ3v) is 7.65. The molecule has 0 aromatic heterocycles. The second-order valence-corrected chi connectivity index (χ2v) is 8.73. The molecule has 0 aliphatic carbocycles. The van der Waals surface area contributed by atoms with Crippen LogP contribution in [0.25, 0.3) is 0 Å². The van der Waals surface area contributed by atoms with Gasteiger partial charge in [-0.15, -0.1) is 0 Å². The molecule has 2 unspecified atom stereocenters. The zero-order valence-corrected chi connectivity index (χ0v) is 14.8. The fraction of sp³-hybridized carbons (Fsp3) is 0.647. The molecule has 0 bridgehead atoms. The van der Waals surface area contributed by atoms with Crippen LogP contribution in [-0.2, 0) is 10.0 Å². The highest BCUT2D eigenvalue weighted by atomic mass is 32.2. The van der Waals surface area contributed by atoms with E-state index in [1.165, 1.54) is 0 Å². The SMILES string of the molecule is Cc1cc(C)c(C)c(S(=O)(=O)N2CCC3NCCC3C2)c1C. The van der Waals surface area contributed by atoms with Crippen LogP contribution in [0.15, 0.2) is 11.0 Å². The van der Waals surface area contributed by atoms with Gasteiger partial charge in [0.25, 0.3) is 0 Å². The fourth-order valence-electron chi connectivity index (χ4n) is 3.93. The zero-order valence-electron chi connectivity index (χ0n) is 13.9. The van der Waals surface area contributed by atoms with Gasteiger partial charge in [-0.1, -0.05) is 6.07 Å². The van der Waals surface area contributed by atoms with Gasteiger partial charge in [-0.05, 0) is 75.3 Å². The van der Waals surface area contributed by atoms with Crippen molar-refractivity contribution in [1.82, 2.24) is 9.62 Å². The molecule has 1 N–H and O–H groups in total. The monoisotopic (exact) mass is 322 g/mol. The Hall–Kier alpha value is -0.910. The molecule has 2 saturated heterocycles. The largest absolute Gasteiger partial charge is 0.314 e. The van der Waals surface area contributed by atoms with Gasteiger partial charge in [-0.2, -0.15) is 4.31 Å². The minimum absolute atomic E-state index is 0.468. The maximum absolute atomic E-state index is 13.2. The van der Waals surface area contributed by atoms with Crippen molar-refractivity contribution in [1.29, 1.82) is 0 Å². The predicted molar refractivity (Wildman–Crippen MR) is 88.7 cm³/mol. The van der Waals surface area contributed by atoms with Crippen molar-refractivity contribution in [3.8, 4) is 0 Å². The first-order valence-electron chi connectivity index (χ1n) is 8.13. The van der Waals surface area contributed by atoms with Crippen LogP contribution < -0.4 is 5.32 Å². The number of hydrogen-bond donors (Lipinski definition) is 1. The van der Waals surface area contributed by atoms with E-state index in [1.54, 1.807) is 4.31 Å². The van der Waals surface area contributed by atoms with E-state index in [0.717, 1.165) is 41.6 Å². The molecule has 3 rings (SSSR count). The van der Waals surface area contributed by atoms with E-state index >= 15 is 0 Å². The van der Waals surface area contributed by atoms with Gasteiger partial charge in [0, 0.05) is 19.1 Å². The van der Waals surface area contributed by atoms with Crippen LogP contribution in [-0.4, -0.2) is 38.4 Å². The Bertz CT molecular complexity index is 671. The lowest BCUT2D eigenvalue weighted by molar-refractivity contribution is 0.247. The smallest absolute Gasteiger partial charge is 0.243 e.